The molecule has 0 bridgehead atoms. The number of carbonyl (C=O) groups excluding carboxylic acids is 2. The van der Waals surface area contributed by atoms with E-state index in [1.807, 2.05) is 58.0 Å². The number of nitrogens with one attached hydrogen (secondary N) is 1. The third-order valence-corrected chi connectivity index (χ3v) is 11.4. The highest BCUT2D eigenvalue weighted by atomic mass is 32.2. The molecule has 2 aromatic carbocycles. The number of aliphatic hydroxyl groups excluding tert-OH is 1. The van der Waals surface area contributed by atoms with Crippen LogP contribution in [0, 0.1) is 11.8 Å². The minimum Gasteiger partial charge on any atom is -0.497 e. The first kappa shape index (κ1) is 39.5. The summed E-state index contributed by atoms with van der Waals surface area (Å²) in [6.45, 7) is 8.06. The van der Waals surface area contributed by atoms with Gasteiger partial charge in [-0.1, -0.05) is 58.0 Å². The molecule has 3 atom stereocenters. The van der Waals surface area contributed by atoms with Crippen molar-refractivity contribution in [3.05, 3.63) is 71.2 Å². The molecule has 51 heavy (non-hydrogen) atoms. The van der Waals surface area contributed by atoms with Crippen molar-refractivity contribution in [1.82, 2.24) is 24.4 Å². The number of aliphatic hydroxyl groups is 1. The van der Waals surface area contributed by atoms with Crippen LogP contribution < -0.4 is 15.0 Å². The molecule has 0 radical (unpaired) electrons. The van der Waals surface area contributed by atoms with Crippen molar-refractivity contribution in [2.24, 2.45) is 11.8 Å². The smallest absolute Gasteiger partial charge is 0.413 e. The molecule has 1 aromatic heterocycles. The molecule has 3 aromatic rings. The molecule has 1 aliphatic rings. The number of sulfonamides is 1. The number of hydrogen-bond acceptors (Lipinski definition) is 9. The van der Waals surface area contributed by atoms with Gasteiger partial charge >= 0.3 is 12.1 Å². The Bertz CT molecular complexity index is 1740. The van der Waals surface area contributed by atoms with Crippen LogP contribution in [-0.2, 0) is 27.8 Å². The van der Waals surface area contributed by atoms with E-state index in [0.29, 0.717) is 18.0 Å². The monoisotopic (exact) mass is 744 g/mol. The Hall–Kier alpha value is -4.25. The van der Waals surface area contributed by atoms with Crippen LogP contribution in [-0.4, -0.2) is 114 Å². The fourth-order valence-corrected chi connectivity index (χ4v) is 8.34. The van der Waals surface area contributed by atoms with E-state index in [2.05, 4.69) is 10.3 Å². The highest BCUT2D eigenvalue weighted by Crippen LogP contribution is 2.25. The first-order valence-corrected chi connectivity index (χ1v) is 19.1. The lowest BCUT2D eigenvalue weighted by molar-refractivity contribution is -0.128. The second-order valence-corrected chi connectivity index (χ2v) is 16.1. The molecular formula is C35H48N6O8S2. The van der Waals surface area contributed by atoms with Gasteiger partial charge in [0.05, 0.1) is 36.4 Å². The largest absolute Gasteiger partial charge is 0.497 e. The van der Waals surface area contributed by atoms with E-state index >= 15 is 0 Å². The molecule has 1 saturated heterocycles. The first-order chi connectivity index (χ1) is 24.1. The van der Waals surface area contributed by atoms with Crippen molar-refractivity contribution < 1.29 is 37.8 Å². The molecule has 0 saturated carbocycles. The lowest BCUT2D eigenvalue weighted by Crippen LogP contribution is -2.57. The van der Waals surface area contributed by atoms with E-state index < -0.39 is 40.2 Å². The quantitative estimate of drug-likeness (QED) is 0.185. The van der Waals surface area contributed by atoms with Crippen molar-refractivity contribution >= 4 is 44.5 Å². The molecule has 0 unspecified atom stereocenters. The molecule has 3 N–H and O–H groups in total. The van der Waals surface area contributed by atoms with Crippen LogP contribution in [0.4, 0.5) is 14.7 Å². The number of rotatable bonds is 17. The van der Waals surface area contributed by atoms with Crippen molar-refractivity contribution in [2.45, 2.75) is 63.7 Å². The Labute approximate surface area is 303 Å². The summed E-state index contributed by atoms with van der Waals surface area (Å²) in [5.74, 6) is -0.315. The number of nitrogens with zero attached hydrogens (tertiary/aromatic N) is 5. The van der Waals surface area contributed by atoms with Crippen LogP contribution in [0.2, 0.25) is 0 Å². The Kier molecular flexibility index (Phi) is 13.4. The number of benzene rings is 2. The molecule has 1 aliphatic heterocycles. The summed E-state index contributed by atoms with van der Waals surface area (Å²) < 4.78 is 34.1. The van der Waals surface area contributed by atoms with E-state index in [1.54, 1.807) is 22.4 Å². The number of thiazole rings is 1. The molecular weight excluding hydrogens is 697 g/mol. The Morgan fingerprint density at radius 3 is 2.29 bits per heavy atom. The number of aromatic nitrogens is 1. The van der Waals surface area contributed by atoms with Gasteiger partial charge in [-0.3, -0.25) is 9.69 Å². The molecule has 2 heterocycles. The van der Waals surface area contributed by atoms with Crippen LogP contribution in [0.5, 0.6) is 5.75 Å². The third-order valence-electron chi connectivity index (χ3n) is 8.58. The van der Waals surface area contributed by atoms with Gasteiger partial charge in [0.2, 0.25) is 15.9 Å². The average molecular weight is 745 g/mol. The van der Waals surface area contributed by atoms with Gasteiger partial charge in [-0.15, -0.1) is 11.3 Å². The van der Waals surface area contributed by atoms with Gasteiger partial charge in [-0.05, 0) is 48.1 Å². The summed E-state index contributed by atoms with van der Waals surface area (Å²) in [4.78, 5) is 47.6. The zero-order valence-electron chi connectivity index (χ0n) is 29.8. The lowest BCUT2D eigenvalue weighted by Gasteiger charge is -2.34. The van der Waals surface area contributed by atoms with Crippen molar-refractivity contribution in [3.63, 3.8) is 0 Å². The number of amides is 4. The van der Waals surface area contributed by atoms with E-state index in [1.165, 1.54) is 35.5 Å². The molecule has 278 valence electrons. The highest BCUT2D eigenvalue weighted by Gasteiger charge is 2.40. The summed E-state index contributed by atoms with van der Waals surface area (Å²) in [6, 6.07) is 13.2. The summed E-state index contributed by atoms with van der Waals surface area (Å²) in [5, 5.41) is 26.0. The first-order valence-electron chi connectivity index (χ1n) is 16.8. The number of carboxylic acid groups (broad SMARTS) is 1. The maximum Gasteiger partial charge on any atom is 0.413 e. The van der Waals surface area contributed by atoms with Crippen molar-refractivity contribution in [1.29, 1.82) is 0 Å². The maximum atomic E-state index is 14.1. The van der Waals surface area contributed by atoms with Gasteiger partial charge in [0, 0.05) is 38.6 Å². The minimum atomic E-state index is -4.03. The zero-order chi connectivity index (χ0) is 37.5. The fourth-order valence-electron chi connectivity index (χ4n) is 5.94. The predicted octanol–water partition coefficient (Wildman–Crippen LogP) is 3.96. The molecule has 4 rings (SSSR count). The van der Waals surface area contributed by atoms with Crippen LogP contribution in [0.3, 0.4) is 0 Å². The molecule has 14 nitrogen and oxygen atoms in total. The Balaban J connectivity index is 1.55. The third kappa shape index (κ3) is 9.96. The minimum absolute atomic E-state index is 0.0551. The van der Waals surface area contributed by atoms with Crippen LogP contribution in [0.25, 0.3) is 0 Å². The van der Waals surface area contributed by atoms with Crippen LogP contribution in [0.15, 0.2) is 64.9 Å². The molecule has 4 amide bonds. The summed E-state index contributed by atoms with van der Waals surface area (Å²) in [7, 11) is -1.14. The topological polar surface area (TPSA) is 173 Å². The van der Waals surface area contributed by atoms with Gasteiger partial charge in [-0.2, -0.15) is 4.31 Å². The highest BCUT2D eigenvalue weighted by molar-refractivity contribution is 7.89. The summed E-state index contributed by atoms with van der Waals surface area (Å²) >= 11 is 1.15. The van der Waals surface area contributed by atoms with Crippen LogP contribution in [0.1, 0.15) is 39.0 Å². The Morgan fingerprint density at radius 1 is 1.04 bits per heavy atom. The second-order valence-electron chi connectivity index (χ2n) is 13.3. The van der Waals surface area contributed by atoms with E-state index in [4.69, 9.17) is 4.74 Å². The maximum absolute atomic E-state index is 14.1. The second kappa shape index (κ2) is 17.3. The number of urea groups is 1. The van der Waals surface area contributed by atoms with Crippen LogP contribution >= 0.6 is 11.3 Å². The van der Waals surface area contributed by atoms with Gasteiger partial charge in [-0.25, -0.2) is 23.0 Å². The zero-order valence-corrected chi connectivity index (χ0v) is 31.4. The summed E-state index contributed by atoms with van der Waals surface area (Å²) in [5.41, 5.74) is 1.36. The fraction of sp³-hybridized carbons (Fsp3) is 0.486. The molecule has 0 spiro atoms. The van der Waals surface area contributed by atoms with Gasteiger partial charge in [0.15, 0.2) is 5.13 Å². The predicted molar refractivity (Wildman–Crippen MR) is 194 cm³/mol. The lowest BCUT2D eigenvalue weighted by atomic mass is 9.97. The molecule has 0 aliphatic carbocycles. The van der Waals surface area contributed by atoms with Crippen molar-refractivity contribution in [3.8, 4) is 5.75 Å². The van der Waals surface area contributed by atoms with E-state index in [0.717, 1.165) is 21.8 Å². The average Bonchev–Trinajstić information content (AvgIpc) is 3.70. The van der Waals surface area contributed by atoms with E-state index in [-0.39, 0.29) is 60.5 Å². The number of methoxy groups -OCH3 is 1. The SMILES string of the molecule is COc1ccc(S(=O)(=O)N(CC(C)C)C[C@@H](O)[C@H](Cc2ccccc2)NC(=O)[C@H](C(C)C)N2CCN(Cc3csc(N(C)C(=O)O)n3)C2=O)cc1. The van der Waals surface area contributed by atoms with Gasteiger partial charge in [0.25, 0.3) is 0 Å². The number of ether oxygens (including phenoxy) is 1. The number of hydrogen-bond donors (Lipinski definition) is 3. The summed E-state index contributed by atoms with van der Waals surface area (Å²) in [6.07, 6.45) is -2.23. The van der Waals surface area contributed by atoms with Crippen molar-refractivity contribution in [2.75, 3.05) is 45.2 Å². The molecule has 16 heteroatoms. The van der Waals surface area contributed by atoms with Gasteiger partial charge < -0.3 is 30.1 Å². The van der Waals surface area contributed by atoms with E-state index in [9.17, 15) is 33.0 Å². The molecule has 1 fully saturated rings. The number of anilines is 1. The normalized spacial score (nSPS) is 15.4. The van der Waals surface area contributed by atoms with Gasteiger partial charge in [0.1, 0.15) is 11.8 Å². The Morgan fingerprint density at radius 2 is 1.71 bits per heavy atom. The standard InChI is InChI=1S/C35H48N6O8S2/c1-23(2)19-40(51(47,48)28-14-12-27(49-6)13-15-28)21-30(42)29(18-25-10-8-7-9-11-25)37-32(43)31(24(3)4)41-17-16-39(34(41)44)20-26-22-50-33(36-26)38(5)35(45)46/h7-15,22-24,29-31,42H,16-21H2,1-6H3,(H,37,43)(H,45,46)/t29-,30+,31-/m0/s1. The number of carbonyl (C=O) groups is 3.